The highest BCUT2D eigenvalue weighted by Gasteiger charge is 2.25. The Hall–Kier alpha value is -0.870. The summed E-state index contributed by atoms with van der Waals surface area (Å²) in [4.78, 5) is 7.40. The van der Waals surface area contributed by atoms with Crippen LogP contribution in [0.1, 0.15) is 26.7 Å². The number of halogens is 3. The minimum atomic E-state index is -4.20. The molecule has 0 N–H and O–H groups in total. The van der Waals surface area contributed by atoms with Gasteiger partial charge in [-0.05, 0) is 13.3 Å². The molecule has 0 heterocycles. The van der Waals surface area contributed by atoms with E-state index in [0.29, 0.717) is 13.0 Å². The molecular formula is C9H15F3N2. The van der Waals surface area contributed by atoms with Crippen LogP contribution in [-0.4, -0.2) is 31.2 Å². The zero-order valence-electron chi connectivity index (χ0n) is 8.43. The molecule has 5 heteroatoms. The quantitative estimate of drug-likeness (QED) is 0.621. The van der Waals surface area contributed by atoms with Crippen LogP contribution in [0.5, 0.6) is 0 Å². The van der Waals surface area contributed by atoms with Crippen LogP contribution in [0.3, 0.4) is 0 Å². The normalized spacial score (nSPS) is 13.9. The molecule has 0 aromatic carbocycles. The van der Waals surface area contributed by atoms with E-state index in [4.69, 9.17) is 0 Å². The molecule has 82 valence electrons. The molecule has 0 bridgehead atoms. The van der Waals surface area contributed by atoms with Gasteiger partial charge < -0.3 is 0 Å². The van der Waals surface area contributed by atoms with Crippen molar-refractivity contribution < 1.29 is 13.2 Å². The zero-order valence-corrected chi connectivity index (χ0v) is 8.43. The van der Waals surface area contributed by atoms with Crippen LogP contribution in [0.2, 0.25) is 0 Å². The lowest BCUT2D eigenvalue weighted by atomic mass is 10.2. The third-order valence-corrected chi connectivity index (χ3v) is 1.52. The topological polar surface area (TPSA) is 24.7 Å². The number of rotatable bonds is 5. The first-order valence-corrected chi connectivity index (χ1v) is 4.56. The Morgan fingerprint density at radius 2 is 1.93 bits per heavy atom. The van der Waals surface area contributed by atoms with Gasteiger partial charge in [0.2, 0.25) is 0 Å². The lowest BCUT2D eigenvalue weighted by Crippen LogP contribution is -2.12. The smallest absolute Gasteiger partial charge is 0.294 e. The molecule has 0 atom stereocenters. The first-order valence-electron chi connectivity index (χ1n) is 4.56. The van der Waals surface area contributed by atoms with Crippen molar-refractivity contribution in [1.82, 2.24) is 0 Å². The van der Waals surface area contributed by atoms with E-state index >= 15 is 0 Å². The first-order chi connectivity index (χ1) is 6.49. The molecule has 0 aliphatic rings. The molecule has 0 aliphatic carbocycles. The van der Waals surface area contributed by atoms with Crippen molar-refractivity contribution in [3.05, 3.63) is 0 Å². The van der Waals surface area contributed by atoms with Gasteiger partial charge in [0.25, 0.3) is 0 Å². The van der Waals surface area contributed by atoms with Gasteiger partial charge in [-0.25, -0.2) is 0 Å². The highest BCUT2D eigenvalue weighted by Crippen LogP contribution is 2.13. The molecule has 0 aromatic rings. The van der Waals surface area contributed by atoms with Crippen LogP contribution >= 0.6 is 0 Å². The summed E-state index contributed by atoms with van der Waals surface area (Å²) in [5.41, 5.74) is 0.887. The molecule has 14 heavy (non-hydrogen) atoms. The van der Waals surface area contributed by atoms with Gasteiger partial charge in [-0.3, -0.25) is 9.98 Å². The SMILES string of the molecule is CC/N=C(/CC)C/C=N\CC(F)(F)F. The number of alkyl halides is 3. The number of hydrogen-bond acceptors (Lipinski definition) is 2. The number of nitrogens with zero attached hydrogens (tertiary/aromatic N) is 2. The van der Waals surface area contributed by atoms with E-state index < -0.39 is 12.7 Å². The molecule has 0 aromatic heterocycles. The van der Waals surface area contributed by atoms with Crippen LogP contribution in [0.15, 0.2) is 9.98 Å². The van der Waals surface area contributed by atoms with E-state index in [9.17, 15) is 13.2 Å². The van der Waals surface area contributed by atoms with Crippen LogP contribution in [0.4, 0.5) is 13.2 Å². The van der Waals surface area contributed by atoms with Crippen molar-refractivity contribution in [2.24, 2.45) is 9.98 Å². The van der Waals surface area contributed by atoms with Crippen molar-refractivity contribution in [3.63, 3.8) is 0 Å². The minimum Gasteiger partial charge on any atom is -0.294 e. The second-order valence-electron chi connectivity index (χ2n) is 2.74. The molecule has 0 saturated carbocycles. The highest BCUT2D eigenvalue weighted by atomic mass is 19.4. The van der Waals surface area contributed by atoms with Gasteiger partial charge in [-0.2, -0.15) is 13.2 Å². The number of aliphatic imine (C=N–C) groups is 2. The van der Waals surface area contributed by atoms with Crippen molar-refractivity contribution in [1.29, 1.82) is 0 Å². The summed E-state index contributed by atoms with van der Waals surface area (Å²) >= 11 is 0. The molecular weight excluding hydrogens is 193 g/mol. The Morgan fingerprint density at radius 3 is 2.36 bits per heavy atom. The maximum absolute atomic E-state index is 11.7. The minimum absolute atomic E-state index is 0.417. The number of hydrogen-bond donors (Lipinski definition) is 0. The summed E-state index contributed by atoms with van der Waals surface area (Å²) in [7, 11) is 0. The van der Waals surface area contributed by atoms with E-state index in [1.54, 1.807) is 0 Å². The Balaban J connectivity index is 3.86. The van der Waals surface area contributed by atoms with E-state index in [-0.39, 0.29) is 0 Å². The van der Waals surface area contributed by atoms with Crippen LogP contribution < -0.4 is 0 Å². The molecule has 2 nitrogen and oxygen atoms in total. The van der Waals surface area contributed by atoms with Gasteiger partial charge in [0, 0.05) is 24.9 Å². The molecule has 0 fully saturated rings. The summed E-state index contributed by atoms with van der Waals surface area (Å²) < 4.78 is 35.0. The predicted octanol–water partition coefficient (Wildman–Crippen LogP) is 2.88. The Kier molecular flexibility index (Phi) is 6.16. The Morgan fingerprint density at radius 1 is 1.29 bits per heavy atom. The molecule has 0 rings (SSSR count). The van der Waals surface area contributed by atoms with Crippen LogP contribution in [-0.2, 0) is 0 Å². The summed E-state index contributed by atoms with van der Waals surface area (Å²) in [6.07, 6.45) is -1.75. The maximum Gasteiger partial charge on any atom is 0.407 e. The molecule has 0 saturated heterocycles. The molecule has 0 aliphatic heterocycles. The monoisotopic (exact) mass is 208 g/mol. The van der Waals surface area contributed by atoms with Gasteiger partial charge in [0.15, 0.2) is 0 Å². The van der Waals surface area contributed by atoms with Gasteiger partial charge in [-0.15, -0.1) is 0 Å². The summed E-state index contributed by atoms with van der Waals surface area (Å²) in [5.74, 6) is 0. The second kappa shape index (κ2) is 6.56. The third kappa shape index (κ3) is 7.76. The van der Waals surface area contributed by atoms with Crippen molar-refractivity contribution in [2.45, 2.75) is 32.9 Å². The third-order valence-electron chi connectivity index (χ3n) is 1.52. The average molecular weight is 208 g/mol. The van der Waals surface area contributed by atoms with Gasteiger partial charge in [-0.1, -0.05) is 6.92 Å². The van der Waals surface area contributed by atoms with E-state index in [0.717, 1.165) is 12.1 Å². The van der Waals surface area contributed by atoms with Gasteiger partial charge >= 0.3 is 6.18 Å². The molecule has 0 radical (unpaired) electrons. The summed E-state index contributed by atoms with van der Waals surface area (Å²) in [6, 6.07) is 0. The predicted molar refractivity (Wildman–Crippen MR) is 52.3 cm³/mol. The fraction of sp³-hybridized carbons (Fsp3) is 0.778. The van der Waals surface area contributed by atoms with Gasteiger partial charge in [0.05, 0.1) is 0 Å². The molecule has 0 spiro atoms. The van der Waals surface area contributed by atoms with Crippen LogP contribution in [0.25, 0.3) is 0 Å². The fourth-order valence-electron chi connectivity index (χ4n) is 0.882. The average Bonchev–Trinajstić information content (AvgIpc) is 2.08. The maximum atomic E-state index is 11.7. The van der Waals surface area contributed by atoms with Crippen LogP contribution in [0, 0.1) is 0 Å². The van der Waals surface area contributed by atoms with Gasteiger partial charge in [0.1, 0.15) is 6.54 Å². The zero-order chi connectivity index (χ0) is 11.0. The fourth-order valence-corrected chi connectivity index (χ4v) is 0.882. The van der Waals surface area contributed by atoms with E-state index in [1.807, 2.05) is 13.8 Å². The van der Waals surface area contributed by atoms with E-state index in [2.05, 4.69) is 9.98 Å². The van der Waals surface area contributed by atoms with Crippen molar-refractivity contribution >= 4 is 11.9 Å². The Labute approximate surface area is 81.9 Å². The molecule has 0 unspecified atom stereocenters. The van der Waals surface area contributed by atoms with E-state index in [1.165, 1.54) is 6.21 Å². The second-order valence-corrected chi connectivity index (χ2v) is 2.74. The summed E-state index contributed by atoms with van der Waals surface area (Å²) in [5, 5.41) is 0. The largest absolute Gasteiger partial charge is 0.407 e. The first kappa shape index (κ1) is 13.1. The standard InChI is InChI=1S/C9H15F3N2/c1-3-8(14-4-2)5-6-13-7-9(10,11)12/h6H,3-5,7H2,1-2H3/b13-6-,14-8-. The highest BCUT2D eigenvalue weighted by molar-refractivity contribution is 5.95. The lowest BCUT2D eigenvalue weighted by molar-refractivity contribution is -0.118. The lowest BCUT2D eigenvalue weighted by Gasteiger charge is -2.01. The van der Waals surface area contributed by atoms with Crippen molar-refractivity contribution in [3.8, 4) is 0 Å². The van der Waals surface area contributed by atoms with Crippen molar-refractivity contribution in [2.75, 3.05) is 13.1 Å². The molecule has 0 amide bonds. The summed E-state index contributed by atoms with van der Waals surface area (Å²) in [6.45, 7) is 3.38. The Bertz CT molecular complexity index is 207.